The lowest BCUT2D eigenvalue weighted by molar-refractivity contribution is 0.482. The van der Waals surface area contributed by atoms with Crippen molar-refractivity contribution in [2.75, 3.05) is 5.33 Å². The summed E-state index contributed by atoms with van der Waals surface area (Å²) in [6.45, 7) is 0. The zero-order chi connectivity index (χ0) is 12.6. The minimum Gasteiger partial charge on any atom is -0.457 e. The monoisotopic (exact) mass is 300 g/mol. The van der Waals surface area contributed by atoms with Crippen LogP contribution < -0.4 is 4.74 Å². The molecule has 0 aliphatic rings. The molecule has 0 aromatic heterocycles. The molecule has 0 bridgehead atoms. The summed E-state index contributed by atoms with van der Waals surface area (Å²) in [5.41, 5.74) is 1.01. The van der Waals surface area contributed by atoms with Crippen molar-refractivity contribution in [1.82, 2.24) is 0 Å². The summed E-state index contributed by atoms with van der Waals surface area (Å²) in [6, 6.07) is 17.6. The lowest BCUT2D eigenvalue weighted by Crippen LogP contribution is -1.83. The van der Waals surface area contributed by atoms with E-state index in [0.717, 1.165) is 28.8 Å². The topological polar surface area (TPSA) is 9.23 Å². The highest BCUT2D eigenvalue weighted by atomic mass is 79.9. The lowest BCUT2D eigenvalue weighted by atomic mass is 10.2. The van der Waals surface area contributed by atoms with Gasteiger partial charge in [0.25, 0.3) is 0 Å². The molecular formula is C16H13BrO. The van der Waals surface area contributed by atoms with Crippen molar-refractivity contribution < 1.29 is 4.74 Å². The molecule has 2 rings (SSSR count). The van der Waals surface area contributed by atoms with E-state index >= 15 is 0 Å². The number of ether oxygens (including phenoxy) is 1. The van der Waals surface area contributed by atoms with Gasteiger partial charge in [0.05, 0.1) is 0 Å². The van der Waals surface area contributed by atoms with Gasteiger partial charge in [0.15, 0.2) is 0 Å². The largest absolute Gasteiger partial charge is 0.457 e. The Morgan fingerprint density at radius 3 is 2.22 bits per heavy atom. The average molecular weight is 301 g/mol. The van der Waals surface area contributed by atoms with Gasteiger partial charge in [-0.1, -0.05) is 46.0 Å². The molecule has 0 radical (unpaired) electrons. The van der Waals surface area contributed by atoms with Crippen molar-refractivity contribution in [3.8, 4) is 23.3 Å². The SMILES string of the molecule is BrCCC#Cc1ccc(Oc2ccccc2)cc1. The summed E-state index contributed by atoms with van der Waals surface area (Å²) < 4.78 is 5.70. The van der Waals surface area contributed by atoms with Gasteiger partial charge in [0, 0.05) is 17.3 Å². The predicted octanol–water partition coefficient (Wildman–Crippen LogP) is 4.62. The maximum Gasteiger partial charge on any atom is 0.127 e. The molecule has 0 atom stereocenters. The van der Waals surface area contributed by atoms with Gasteiger partial charge >= 0.3 is 0 Å². The highest BCUT2D eigenvalue weighted by molar-refractivity contribution is 9.09. The second-order valence-electron chi connectivity index (χ2n) is 3.68. The van der Waals surface area contributed by atoms with Crippen LogP contribution in [0.25, 0.3) is 0 Å². The fraction of sp³-hybridized carbons (Fsp3) is 0.125. The molecule has 18 heavy (non-hydrogen) atoms. The molecule has 2 aromatic rings. The second-order valence-corrected chi connectivity index (χ2v) is 4.47. The van der Waals surface area contributed by atoms with Crippen molar-refractivity contribution in [2.24, 2.45) is 0 Å². The van der Waals surface area contributed by atoms with Crippen molar-refractivity contribution in [3.05, 3.63) is 60.2 Å². The minimum absolute atomic E-state index is 0.826. The molecule has 0 amide bonds. The Bertz CT molecular complexity index is 535. The number of alkyl halides is 1. The van der Waals surface area contributed by atoms with E-state index in [-0.39, 0.29) is 0 Å². The third kappa shape index (κ3) is 3.94. The smallest absolute Gasteiger partial charge is 0.127 e. The Labute approximate surface area is 116 Å². The first-order valence-corrected chi connectivity index (χ1v) is 6.88. The van der Waals surface area contributed by atoms with E-state index in [1.54, 1.807) is 0 Å². The molecule has 0 aliphatic heterocycles. The molecule has 0 saturated heterocycles. The third-order valence-electron chi connectivity index (χ3n) is 2.29. The fourth-order valence-corrected chi connectivity index (χ4v) is 1.64. The Balaban J connectivity index is 2.02. The highest BCUT2D eigenvalue weighted by Crippen LogP contribution is 2.20. The zero-order valence-corrected chi connectivity index (χ0v) is 11.5. The molecule has 0 aliphatic carbocycles. The van der Waals surface area contributed by atoms with Crippen molar-refractivity contribution >= 4 is 15.9 Å². The molecule has 2 aromatic carbocycles. The van der Waals surface area contributed by atoms with Gasteiger partial charge in [0.2, 0.25) is 0 Å². The van der Waals surface area contributed by atoms with Crippen LogP contribution >= 0.6 is 15.9 Å². The predicted molar refractivity (Wildman–Crippen MR) is 78.2 cm³/mol. The summed E-state index contributed by atoms with van der Waals surface area (Å²) >= 11 is 3.35. The van der Waals surface area contributed by atoms with E-state index in [1.807, 2.05) is 54.6 Å². The molecule has 2 heteroatoms. The van der Waals surface area contributed by atoms with E-state index < -0.39 is 0 Å². The molecule has 0 heterocycles. The van der Waals surface area contributed by atoms with Crippen LogP contribution in [0.5, 0.6) is 11.5 Å². The molecule has 0 saturated carbocycles. The third-order valence-corrected chi connectivity index (χ3v) is 2.68. The van der Waals surface area contributed by atoms with Crippen LogP contribution in [0.1, 0.15) is 12.0 Å². The summed E-state index contributed by atoms with van der Waals surface area (Å²) in [6.07, 6.45) is 0.863. The van der Waals surface area contributed by atoms with E-state index in [2.05, 4.69) is 27.8 Å². The van der Waals surface area contributed by atoms with Gasteiger partial charge in [-0.05, 0) is 36.4 Å². The van der Waals surface area contributed by atoms with Crippen LogP contribution in [0.2, 0.25) is 0 Å². The number of rotatable bonds is 3. The number of hydrogen-bond acceptors (Lipinski definition) is 1. The highest BCUT2D eigenvalue weighted by Gasteiger charge is 1.95. The van der Waals surface area contributed by atoms with E-state index in [4.69, 9.17) is 4.74 Å². The summed E-state index contributed by atoms with van der Waals surface area (Å²) in [5, 5.41) is 0.912. The summed E-state index contributed by atoms with van der Waals surface area (Å²) in [4.78, 5) is 0. The average Bonchev–Trinajstić information content (AvgIpc) is 2.42. The second kappa shape index (κ2) is 6.88. The van der Waals surface area contributed by atoms with E-state index in [1.165, 1.54) is 0 Å². The van der Waals surface area contributed by atoms with Crippen LogP contribution in [0, 0.1) is 11.8 Å². The van der Waals surface area contributed by atoms with Gasteiger partial charge in [-0.3, -0.25) is 0 Å². The minimum atomic E-state index is 0.826. The molecule has 0 spiro atoms. The van der Waals surface area contributed by atoms with Gasteiger partial charge in [-0.15, -0.1) is 0 Å². The first-order chi connectivity index (χ1) is 8.88. The molecule has 0 N–H and O–H groups in total. The van der Waals surface area contributed by atoms with Crippen LogP contribution in [0.3, 0.4) is 0 Å². The maximum atomic E-state index is 5.70. The first-order valence-electron chi connectivity index (χ1n) is 5.76. The standard InChI is InChI=1S/C16H13BrO/c17-13-5-4-6-14-9-11-16(12-10-14)18-15-7-2-1-3-8-15/h1-3,7-12H,5,13H2. The van der Waals surface area contributed by atoms with Gasteiger partial charge in [-0.25, -0.2) is 0 Å². The van der Waals surface area contributed by atoms with Gasteiger partial charge in [0.1, 0.15) is 11.5 Å². The normalized spacial score (nSPS) is 9.39. The maximum absolute atomic E-state index is 5.70. The van der Waals surface area contributed by atoms with Gasteiger partial charge < -0.3 is 4.74 Å². The molecule has 0 unspecified atom stereocenters. The van der Waals surface area contributed by atoms with Crippen LogP contribution in [-0.2, 0) is 0 Å². The molecule has 90 valence electrons. The number of benzene rings is 2. The quantitative estimate of drug-likeness (QED) is 0.594. The fourth-order valence-electron chi connectivity index (χ4n) is 1.44. The summed E-state index contributed by atoms with van der Waals surface area (Å²) in [5.74, 6) is 7.85. The van der Waals surface area contributed by atoms with Crippen LogP contribution in [0.4, 0.5) is 0 Å². The number of halogens is 1. The Hall–Kier alpha value is -1.72. The number of hydrogen-bond donors (Lipinski definition) is 0. The Morgan fingerprint density at radius 2 is 1.56 bits per heavy atom. The van der Waals surface area contributed by atoms with Crippen molar-refractivity contribution in [1.29, 1.82) is 0 Å². The Kier molecular flexibility index (Phi) is 4.87. The first kappa shape index (κ1) is 12.7. The van der Waals surface area contributed by atoms with E-state index in [9.17, 15) is 0 Å². The van der Waals surface area contributed by atoms with Gasteiger partial charge in [-0.2, -0.15) is 0 Å². The van der Waals surface area contributed by atoms with Crippen molar-refractivity contribution in [3.63, 3.8) is 0 Å². The lowest BCUT2D eigenvalue weighted by Gasteiger charge is -2.04. The number of para-hydroxylation sites is 1. The summed E-state index contributed by atoms with van der Waals surface area (Å²) in [7, 11) is 0. The zero-order valence-electron chi connectivity index (χ0n) is 9.90. The molecular weight excluding hydrogens is 288 g/mol. The molecule has 1 nitrogen and oxygen atoms in total. The van der Waals surface area contributed by atoms with Crippen LogP contribution in [-0.4, -0.2) is 5.33 Å². The van der Waals surface area contributed by atoms with Crippen LogP contribution in [0.15, 0.2) is 54.6 Å². The van der Waals surface area contributed by atoms with Crippen molar-refractivity contribution in [2.45, 2.75) is 6.42 Å². The Morgan fingerprint density at radius 1 is 0.889 bits per heavy atom. The molecule has 0 fully saturated rings. The van der Waals surface area contributed by atoms with E-state index in [0.29, 0.717) is 0 Å².